The van der Waals surface area contributed by atoms with Crippen molar-refractivity contribution in [2.75, 3.05) is 0 Å². The van der Waals surface area contributed by atoms with Crippen LogP contribution in [0.15, 0.2) is 70.8 Å². The monoisotopic (exact) mass is 451 g/mol. The van der Waals surface area contributed by atoms with Crippen LogP contribution < -0.4 is 0 Å². The maximum Gasteiger partial charge on any atom is 0.194 e. The molecule has 0 radical (unpaired) electrons. The van der Waals surface area contributed by atoms with Gasteiger partial charge in [0.15, 0.2) is 5.78 Å². The molecule has 0 saturated heterocycles. The average Bonchev–Trinajstić information content (AvgIpc) is 3.07. The van der Waals surface area contributed by atoms with Gasteiger partial charge in [0, 0.05) is 38.7 Å². The molecule has 7 rings (SSSR count). The van der Waals surface area contributed by atoms with Crippen LogP contribution in [0, 0.1) is 11.8 Å². The van der Waals surface area contributed by atoms with Gasteiger partial charge in [-0.1, -0.05) is 60.3 Å². The van der Waals surface area contributed by atoms with Crippen molar-refractivity contribution in [3.8, 4) is 0 Å². The molecule has 2 aromatic carbocycles. The summed E-state index contributed by atoms with van der Waals surface area (Å²) in [6, 6.07) is 18.5. The van der Waals surface area contributed by atoms with Gasteiger partial charge >= 0.3 is 0 Å². The van der Waals surface area contributed by atoms with Crippen molar-refractivity contribution in [2.24, 2.45) is 11.8 Å². The van der Waals surface area contributed by atoms with Crippen LogP contribution >= 0.6 is 11.8 Å². The van der Waals surface area contributed by atoms with Crippen molar-refractivity contribution >= 4 is 40.3 Å². The van der Waals surface area contributed by atoms with Gasteiger partial charge in [0.25, 0.3) is 0 Å². The highest BCUT2D eigenvalue weighted by molar-refractivity contribution is 8.01. The number of rotatable bonds is 0. The lowest BCUT2D eigenvalue weighted by Crippen LogP contribution is -2.51. The number of hydrogen-bond acceptors (Lipinski definition) is 4. The van der Waals surface area contributed by atoms with E-state index in [4.69, 9.17) is 9.72 Å². The van der Waals surface area contributed by atoms with Crippen LogP contribution in [-0.4, -0.2) is 21.1 Å². The third-order valence-corrected chi connectivity index (χ3v) is 9.52. The predicted molar refractivity (Wildman–Crippen MR) is 133 cm³/mol. The van der Waals surface area contributed by atoms with Gasteiger partial charge in [-0.25, -0.2) is 4.98 Å². The zero-order valence-corrected chi connectivity index (χ0v) is 19.8. The number of ether oxygens (including phenoxy) is 1. The van der Waals surface area contributed by atoms with Gasteiger partial charge in [-0.05, 0) is 51.3 Å². The zero-order chi connectivity index (χ0) is 22.5. The molecule has 0 spiro atoms. The largest absolute Gasteiger partial charge is 0.486 e. The fourth-order valence-corrected chi connectivity index (χ4v) is 7.76. The van der Waals surface area contributed by atoms with E-state index in [1.807, 2.05) is 42.1 Å². The lowest BCUT2D eigenvalue weighted by atomic mass is 9.60. The fourth-order valence-electron chi connectivity index (χ4n) is 6.43. The van der Waals surface area contributed by atoms with Crippen LogP contribution in [0.1, 0.15) is 55.1 Å². The van der Waals surface area contributed by atoms with Crippen molar-refractivity contribution in [3.63, 3.8) is 0 Å². The van der Waals surface area contributed by atoms with Gasteiger partial charge in [0.2, 0.25) is 0 Å². The van der Waals surface area contributed by atoms with E-state index < -0.39 is 0 Å². The number of Topliss-reactive ketones (excluding diaryl/α,β-unsaturated/α-hetero) is 1. The van der Waals surface area contributed by atoms with Gasteiger partial charge in [-0.3, -0.25) is 4.79 Å². The third kappa shape index (κ3) is 2.59. The first kappa shape index (κ1) is 19.6. The fraction of sp³-hybridized carbons (Fsp3) is 0.310. The summed E-state index contributed by atoms with van der Waals surface area (Å²) < 4.78 is 6.54. The number of para-hydroxylation sites is 1. The Morgan fingerprint density at radius 1 is 1.03 bits per heavy atom. The van der Waals surface area contributed by atoms with E-state index in [-0.39, 0.29) is 28.0 Å². The van der Waals surface area contributed by atoms with Crippen LogP contribution in [0.4, 0.5) is 0 Å². The number of thioether (sulfide) groups is 1. The number of allylic oxidation sites excluding steroid dienone is 1. The Morgan fingerprint density at radius 2 is 1.79 bits per heavy atom. The van der Waals surface area contributed by atoms with Crippen molar-refractivity contribution < 1.29 is 9.53 Å². The van der Waals surface area contributed by atoms with E-state index in [2.05, 4.69) is 51.1 Å². The summed E-state index contributed by atoms with van der Waals surface area (Å²) in [5.41, 5.74) is 5.83. The Labute approximate surface area is 197 Å². The molecule has 3 aromatic rings. The van der Waals surface area contributed by atoms with E-state index in [9.17, 15) is 4.79 Å². The summed E-state index contributed by atoms with van der Waals surface area (Å²) in [7, 11) is 0. The summed E-state index contributed by atoms with van der Waals surface area (Å²) in [6.07, 6.45) is 4.43. The Bertz CT molecular complexity index is 1450. The molecular formula is C29H25NO2S. The van der Waals surface area contributed by atoms with E-state index in [1.54, 1.807) is 0 Å². The number of fused-ring (bicyclic) bond motifs is 8. The van der Waals surface area contributed by atoms with Gasteiger partial charge in [-0.2, -0.15) is 0 Å². The Hall–Kier alpha value is -2.85. The summed E-state index contributed by atoms with van der Waals surface area (Å²) in [5.74, 6) is 1.28. The number of hydrogen-bond donors (Lipinski definition) is 0. The van der Waals surface area contributed by atoms with Gasteiger partial charge < -0.3 is 4.74 Å². The predicted octanol–water partition coefficient (Wildman–Crippen LogP) is 6.93. The number of ketones is 1. The second-order valence-corrected chi connectivity index (χ2v) is 11.9. The Morgan fingerprint density at radius 3 is 2.64 bits per heavy atom. The average molecular weight is 452 g/mol. The molecule has 3 heterocycles. The van der Waals surface area contributed by atoms with E-state index in [0.29, 0.717) is 0 Å². The lowest BCUT2D eigenvalue weighted by molar-refractivity contribution is -0.0248. The van der Waals surface area contributed by atoms with Crippen LogP contribution in [0.5, 0.6) is 0 Å². The molecule has 1 aromatic heterocycles. The second-order valence-electron chi connectivity index (χ2n) is 10.5. The van der Waals surface area contributed by atoms with Gasteiger partial charge in [0.05, 0.1) is 11.1 Å². The molecule has 2 aliphatic carbocycles. The van der Waals surface area contributed by atoms with E-state index in [1.165, 1.54) is 11.1 Å². The topological polar surface area (TPSA) is 39.2 Å². The Kier molecular flexibility index (Phi) is 3.79. The number of nitrogens with zero attached hydrogens (tertiary/aromatic N) is 1. The summed E-state index contributed by atoms with van der Waals surface area (Å²) in [4.78, 5) is 18.7. The highest BCUT2D eigenvalue weighted by atomic mass is 32.2. The molecule has 3 unspecified atom stereocenters. The number of benzene rings is 2. The Balaban J connectivity index is 1.47. The third-order valence-electron chi connectivity index (χ3n) is 8.10. The first-order valence-electron chi connectivity index (χ1n) is 11.7. The van der Waals surface area contributed by atoms with Gasteiger partial charge in [0.1, 0.15) is 16.4 Å². The molecule has 4 aliphatic rings. The van der Waals surface area contributed by atoms with E-state index >= 15 is 0 Å². The van der Waals surface area contributed by atoms with Crippen LogP contribution in [0.2, 0.25) is 0 Å². The van der Waals surface area contributed by atoms with E-state index in [0.717, 1.165) is 51.2 Å². The molecule has 1 fully saturated rings. The molecule has 4 heteroatoms. The van der Waals surface area contributed by atoms with Crippen molar-refractivity contribution in [2.45, 2.75) is 49.0 Å². The van der Waals surface area contributed by atoms with Crippen molar-refractivity contribution in [1.29, 1.82) is 0 Å². The minimum absolute atomic E-state index is 0.0644. The maximum atomic E-state index is 13.7. The van der Waals surface area contributed by atoms with Crippen LogP contribution in [-0.2, 0) is 4.74 Å². The minimum atomic E-state index is -0.337. The minimum Gasteiger partial charge on any atom is -0.486 e. The first-order valence-corrected chi connectivity index (χ1v) is 12.6. The maximum absolute atomic E-state index is 13.7. The zero-order valence-electron chi connectivity index (χ0n) is 19.0. The molecule has 2 aliphatic heterocycles. The van der Waals surface area contributed by atoms with Crippen molar-refractivity contribution in [1.82, 2.24) is 4.98 Å². The highest BCUT2D eigenvalue weighted by Crippen LogP contribution is 2.62. The number of carbonyl (C=O) groups excluding carboxylic acids is 1. The first-order chi connectivity index (χ1) is 15.9. The molecule has 164 valence electrons. The molecule has 0 amide bonds. The number of carbonyl (C=O) groups is 1. The summed E-state index contributed by atoms with van der Waals surface area (Å²) in [6.45, 7) is 6.74. The molecule has 3 nitrogen and oxygen atoms in total. The lowest BCUT2D eigenvalue weighted by Gasteiger charge is -2.53. The molecule has 1 saturated carbocycles. The van der Waals surface area contributed by atoms with Gasteiger partial charge in [-0.15, -0.1) is 0 Å². The molecule has 33 heavy (non-hydrogen) atoms. The SMILES string of the molecule is CC12CCC3C(C1=Cc1cc4ccccc4nc1S2)C1=C(OC3(C)C)c2ccccc2C1=O. The molecular weight excluding hydrogens is 426 g/mol. The molecule has 3 atom stereocenters. The smallest absolute Gasteiger partial charge is 0.194 e. The summed E-state index contributed by atoms with van der Waals surface area (Å²) >= 11 is 1.88. The number of pyridine rings is 1. The normalized spacial score (nSPS) is 28.8. The highest BCUT2D eigenvalue weighted by Gasteiger charge is 2.57. The standard InChI is InChI=1S/C29H25NO2S/c1-28(2)20-12-13-29(3)21(15-17-14-16-8-4-7-11-22(16)30-27(17)33-29)23(20)24-25(31)18-9-5-6-10-19(18)26(24)32-28/h4-11,14-15,20,23H,12-13H2,1-3H3. The molecule has 0 N–H and O–H groups in total. The van der Waals surface area contributed by atoms with Crippen LogP contribution in [0.3, 0.4) is 0 Å². The number of aromatic nitrogens is 1. The quantitative estimate of drug-likeness (QED) is 0.372. The molecule has 0 bridgehead atoms. The second kappa shape index (κ2) is 6.38. The summed E-state index contributed by atoms with van der Waals surface area (Å²) in [5, 5.41) is 2.25. The van der Waals surface area contributed by atoms with Crippen molar-refractivity contribution in [3.05, 3.63) is 82.4 Å². The van der Waals surface area contributed by atoms with Crippen LogP contribution in [0.25, 0.3) is 22.7 Å².